The van der Waals surface area contributed by atoms with Crippen LogP contribution in [0.4, 0.5) is 0 Å². The Morgan fingerprint density at radius 1 is 1.19 bits per heavy atom. The molecule has 3 rings (SSSR count). The smallest absolute Gasteiger partial charge is 0.169 e. The molecule has 0 bridgehead atoms. The van der Waals surface area contributed by atoms with Crippen molar-refractivity contribution in [1.29, 1.82) is 0 Å². The van der Waals surface area contributed by atoms with E-state index in [2.05, 4.69) is 64.3 Å². The van der Waals surface area contributed by atoms with Gasteiger partial charge in [0.1, 0.15) is 0 Å². The Morgan fingerprint density at radius 3 is 2.81 bits per heavy atom. The molecule has 0 fully saturated rings. The van der Waals surface area contributed by atoms with Crippen molar-refractivity contribution in [2.24, 2.45) is 0 Å². The summed E-state index contributed by atoms with van der Waals surface area (Å²) in [6.45, 7) is 5.08. The average molecular weight is 299 g/mol. The second kappa shape index (κ2) is 6.31. The Hall–Kier alpha value is -1.81. The third-order valence-corrected chi connectivity index (χ3v) is 4.51. The van der Waals surface area contributed by atoms with Crippen LogP contribution < -0.4 is 5.32 Å². The molecule has 0 aliphatic carbocycles. The standard InChI is InChI=1S/C17H21N3S/c1-14-16-8-5-11-19(16)12-13-20(14)17(21)18-10-9-15-6-3-2-4-7-15/h2-8,11,14H,9-10,12-13H2,1H3,(H,18,21)/t14-/m0/s1. The normalized spacial score (nSPS) is 17.4. The molecule has 1 aromatic heterocycles. The zero-order chi connectivity index (χ0) is 14.7. The predicted octanol–water partition coefficient (Wildman–Crippen LogP) is 2.98. The lowest BCUT2D eigenvalue weighted by Crippen LogP contribution is -2.46. The average Bonchev–Trinajstić information content (AvgIpc) is 2.98. The van der Waals surface area contributed by atoms with E-state index in [0.29, 0.717) is 6.04 Å². The third kappa shape index (κ3) is 3.10. The van der Waals surface area contributed by atoms with Gasteiger partial charge in [0.25, 0.3) is 0 Å². The van der Waals surface area contributed by atoms with Gasteiger partial charge in [-0.25, -0.2) is 0 Å². The van der Waals surface area contributed by atoms with Crippen molar-refractivity contribution in [1.82, 2.24) is 14.8 Å². The summed E-state index contributed by atoms with van der Waals surface area (Å²) in [7, 11) is 0. The van der Waals surface area contributed by atoms with Crippen LogP contribution in [0.2, 0.25) is 0 Å². The molecule has 4 heteroatoms. The van der Waals surface area contributed by atoms with Crippen molar-refractivity contribution in [2.45, 2.75) is 25.9 Å². The molecule has 1 aliphatic heterocycles. The molecular formula is C17H21N3S. The van der Waals surface area contributed by atoms with Gasteiger partial charge in [0.15, 0.2) is 5.11 Å². The number of nitrogens with zero attached hydrogens (tertiary/aromatic N) is 2. The van der Waals surface area contributed by atoms with Gasteiger partial charge < -0.3 is 14.8 Å². The number of rotatable bonds is 3. The SMILES string of the molecule is C[C@H]1c2cccn2CCN1C(=S)NCCc1ccccc1. The van der Waals surface area contributed by atoms with E-state index in [4.69, 9.17) is 12.2 Å². The first-order valence-corrected chi connectivity index (χ1v) is 7.90. The van der Waals surface area contributed by atoms with E-state index >= 15 is 0 Å². The highest BCUT2D eigenvalue weighted by Gasteiger charge is 2.24. The minimum absolute atomic E-state index is 0.338. The Morgan fingerprint density at radius 2 is 2.00 bits per heavy atom. The van der Waals surface area contributed by atoms with Crippen LogP contribution in [0.25, 0.3) is 0 Å². The fourth-order valence-corrected chi connectivity index (χ4v) is 3.27. The molecule has 21 heavy (non-hydrogen) atoms. The third-order valence-electron chi connectivity index (χ3n) is 4.14. The van der Waals surface area contributed by atoms with Gasteiger partial charge in [0.2, 0.25) is 0 Å². The minimum atomic E-state index is 0.338. The van der Waals surface area contributed by atoms with E-state index in [-0.39, 0.29) is 0 Å². The zero-order valence-corrected chi connectivity index (χ0v) is 13.1. The van der Waals surface area contributed by atoms with Gasteiger partial charge in [-0.2, -0.15) is 0 Å². The number of thiocarbonyl (C=S) groups is 1. The van der Waals surface area contributed by atoms with Gasteiger partial charge >= 0.3 is 0 Å². The molecule has 2 aromatic rings. The summed E-state index contributed by atoms with van der Waals surface area (Å²) in [6, 6.07) is 15.1. The highest BCUT2D eigenvalue weighted by molar-refractivity contribution is 7.80. The number of benzene rings is 1. The van der Waals surface area contributed by atoms with Gasteiger partial charge in [0, 0.05) is 31.5 Å². The maximum absolute atomic E-state index is 5.58. The Kier molecular flexibility index (Phi) is 4.25. The zero-order valence-electron chi connectivity index (χ0n) is 12.3. The molecular weight excluding hydrogens is 278 g/mol. The molecule has 3 nitrogen and oxygen atoms in total. The number of hydrogen-bond donors (Lipinski definition) is 1. The van der Waals surface area contributed by atoms with Crippen LogP contribution >= 0.6 is 12.2 Å². The lowest BCUT2D eigenvalue weighted by molar-refractivity contribution is 0.269. The maximum Gasteiger partial charge on any atom is 0.169 e. The van der Waals surface area contributed by atoms with E-state index in [9.17, 15) is 0 Å². The van der Waals surface area contributed by atoms with E-state index in [1.807, 2.05) is 6.07 Å². The number of hydrogen-bond acceptors (Lipinski definition) is 1. The lowest BCUT2D eigenvalue weighted by atomic mass is 10.1. The molecule has 1 atom stereocenters. The van der Waals surface area contributed by atoms with E-state index in [0.717, 1.165) is 31.2 Å². The summed E-state index contributed by atoms with van der Waals surface area (Å²) in [4.78, 5) is 2.29. The first-order chi connectivity index (χ1) is 10.3. The molecule has 1 aliphatic rings. The fraction of sp³-hybridized carbons (Fsp3) is 0.353. The molecule has 110 valence electrons. The topological polar surface area (TPSA) is 20.2 Å². The molecule has 0 amide bonds. The summed E-state index contributed by atoms with van der Waals surface area (Å²) < 4.78 is 2.31. The van der Waals surface area contributed by atoms with Crippen LogP contribution in [0.15, 0.2) is 48.7 Å². The summed E-state index contributed by atoms with van der Waals surface area (Å²) in [5.74, 6) is 0. The van der Waals surface area contributed by atoms with Gasteiger partial charge in [-0.15, -0.1) is 0 Å². The van der Waals surface area contributed by atoms with Crippen molar-refractivity contribution in [3.8, 4) is 0 Å². The van der Waals surface area contributed by atoms with E-state index < -0.39 is 0 Å². The molecule has 0 radical (unpaired) electrons. The van der Waals surface area contributed by atoms with Crippen LogP contribution in [-0.2, 0) is 13.0 Å². The first-order valence-electron chi connectivity index (χ1n) is 7.49. The monoisotopic (exact) mass is 299 g/mol. The van der Waals surface area contributed by atoms with Gasteiger partial charge in [-0.1, -0.05) is 30.3 Å². The van der Waals surface area contributed by atoms with E-state index in [1.165, 1.54) is 11.3 Å². The molecule has 2 heterocycles. The molecule has 1 aromatic carbocycles. The Labute approximate surface area is 131 Å². The van der Waals surface area contributed by atoms with Crippen molar-refractivity contribution < 1.29 is 0 Å². The quantitative estimate of drug-likeness (QED) is 0.880. The molecule has 0 saturated carbocycles. The maximum atomic E-state index is 5.58. The largest absolute Gasteiger partial charge is 0.362 e. The van der Waals surface area contributed by atoms with Crippen LogP contribution in [0.3, 0.4) is 0 Å². The van der Waals surface area contributed by atoms with Gasteiger partial charge in [-0.3, -0.25) is 0 Å². The predicted molar refractivity (Wildman–Crippen MR) is 90.3 cm³/mol. The summed E-state index contributed by atoms with van der Waals surface area (Å²) in [6.07, 6.45) is 3.15. The molecule has 0 unspecified atom stereocenters. The summed E-state index contributed by atoms with van der Waals surface area (Å²) >= 11 is 5.58. The highest BCUT2D eigenvalue weighted by atomic mass is 32.1. The number of fused-ring (bicyclic) bond motifs is 1. The van der Waals surface area contributed by atoms with Crippen molar-refractivity contribution in [3.05, 3.63) is 59.9 Å². The fourth-order valence-electron chi connectivity index (χ4n) is 2.92. The van der Waals surface area contributed by atoms with E-state index in [1.54, 1.807) is 0 Å². The summed E-state index contributed by atoms with van der Waals surface area (Å²) in [5, 5.41) is 4.27. The van der Waals surface area contributed by atoms with Crippen LogP contribution in [0.1, 0.15) is 24.2 Å². The van der Waals surface area contributed by atoms with Gasteiger partial charge in [-0.05, 0) is 43.3 Å². The Balaban J connectivity index is 1.54. The van der Waals surface area contributed by atoms with Crippen LogP contribution in [0.5, 0.6) is 0 Å². The van der Waals surface area contributed by atoms with Gasteiger partial charge in [0.05, 0.1) is 6.04 Å². The van der Waals surface area contributed by atoms with Crippen molar-refractivity contribution >= 4 is 17.3 Å². The highest BCUT2D eigenvalue weighted by Crippen LogP contribution is 2.25. The number of aromatic nitrogens is 1. The van der Waals surface area contributed by atoms with Crippen molar-refractivity contribution in [3.63, 3.8) is 0 Å². The molecule has 1 N–H and O–H groups in total. The minimum Gasteiger partial charge on any atom is -0.362 e. The Bertz CT molecular complexity index is 606. The summed E-state index contributed by atoms with van der Waals surface area (Å²) in [5.41, 5.74) is 2.68. The van der Waals surface area contributed by atoms with Crippen molar-refractivity contribution in [2.75, 3.05) is 13.1 Å². The van der Waals surface area contributed by atoms with Crippen LogP contribution in [-0.4, -0.2) is 27.7 Å². The second-order valence-electron chi connectivity index (χ2n) is 5.46. The lowest BCUT2D eigenvalue weighted by Gasteiger charge is -2.36. The molecule has 0 saturated heterocycles. The molecule has 0 spiro atoms. The first kappa shape index (κ1) is 14.1. The second-order valence-corrected chi connectivity index (χ2v) is 5.85. The van der Waals surface area contributed by atoms with Crippen LogP contribution in [0, 0.1) is 0 Å². The number of nitrogens with one attached hydrogen (secondary N) is 1.